The molecule has 8 bridgehead atoms. The first-order valence-electron chi connectivity index (χ1n) is 28.7. The number of thioether (sulfide) groups is 3. The zero-order valence-electron chi connectivity index (χ0n) is 49.5. The van der Waals surface area contributed by atoms with E-state index in [4.69, 9.17) is 15.7 Å². The Hall–Kier alpha value is -4.39. The normalized spacial score (nSPS) is 19.2. The second-order valence-electron chi connectivity index (χ2n) is 24.2. The number of carbonyl (C=O) groups is 6. The molecule has 0 radical (unpaired) electrons. The Bertz CT molecular complexity index is 2600. The molecule has 6 amide bonds. The van der Waals surface area contributed by atoms with Crippen molar-refractivity contribution in [1.82, 2.24) is 56.6 Å². The van der Waals surface area contributed by atoms with Gasteiger partial charge in [0.1, 0.15) is 27.0 Å². The molecule has 3 aromatic heterocycles. The number of pyridine rings is 3. The fraction of sp³-hybridized carbons (Fsp3) is 0.618. The van der Waals surface area contributed by atoms with Crippen molar-refractivity contribution in [3.63, 3.8) is 0 Å². The number of hydrogen-bond donors (Lipinski definition) is 8. The van der Waals surface area contributed by atoms with Gasteiger partial charge in [0.2, 0.25) is 0 Å². The highest BCUT2D eigenvalue weighted by atomic mass is 32.2. The molecule has 9 N–H and O–H groups in total. The van der Waals surface area contributed by atoms with Gasteiger partial charge in [-0.15, -0.1) is 23.5 Å². The minimum Gasteiger partial charge on any atom is -0.351 e. The van der Waals surface area contributed by atoms with Gasteiger partial charge in [0.05, 0.1) is 11.1 Å². The molecule has 0 saturated carbocycles. The first kappa shape index (κ1) is 67.4. The van der Waals surface area contributed by atoms with Crippen molar-refractivity contribution in [2.45, 2.75) is 111 Å². The summed E-state index contributed by atoms with van der Waals surface area (Å²) in [5.41, 5.74) is 7.67. The Morgan fingerprint density at radius 2 is 0.877 bits per heavy atom. The summed E-state index contributed by atoms with van der Waals surface area (Å²) in [7, 11) is -4.37. The summed E-state index contributed by atoms with van der Waals surface area (Å²) in [6.45, 7) is 27.4. The van der Waals surface area contributed by atoms with Gasteiger partial charge in [-0.25, -0.2) is 9.97 Å². The molecule has 0 fully saturated rings. The molecule has 20 nitrogen and oxygen atoms in total. The largest absolute Gasteiger partial charge is 0.351 e. The van der Waals surface area contributed by atoms with Crippen LogP contribution in [-0.2, 0) is 0 Å². The van der Waals surface area contributed by atoms with Gasteiger partial charge in [0, 0.05) is 126 Å². The highest BCUT2D eigenvalue weighted by Gasteiger charge is 2.31. The Balaban J connectivity index is 1.52. The van der Waals surface area contributed by atoms with Gasteiger partial charge in [-0.3, -0.25) is 43.8 Å². The molecule has 15 rings (SSSR count). The molecular weight excluding hydrogens is 1140 g/mol. The second kappa shape index (κ2) is 33.2. The number of rotatable bonds is 14. The molecule has 12 aliphatic rings. The molecule has 81 heavy (non-hydrogen) atoms. The number of nitrogens with one attached hydrogen (secondary N) is 6. The molecule has 3 aromatic rings. The summed E-state index contributed by atoms with van der Waals surface area (Å²) < 4.78 is 0.838. The fourth-order valence-corrected chi connectivity index (χ4v) is 19.2. The monoisotopic (exact) mass is 1230 g/mol. The van der Waals surface area contributed by atoms with Crippen LogP contribution in [0, 0.1) is 0 Å². The van der Waals surface area contributed by atoms with Crippen LogP contribution < -0.4 is 42.4 Å². The fourth-order valence-electron chi connectivity index (χ4n) is 8.60. The Labute approximate surface area is 496 Å². The number of carbonyl (C=O) groups excluding carboxylic acids is 6. The highest BCUT2D eigenvalue weighted by Crippen LogP contribution is 2.27. The van der Waals surface area contributed by atoms with Gasteiger partial charge in [-0.1, -0.05) is 70.7 Å². The van der Waals surface area contributed by atoms with E-state index in [1.54, 1.807) is 30.3 Å². The third-order valence-electron chi connectivity index (χ3n) is 13.6. The van der Waals surface area contributed by atoms with Crippen molar-refractivity contribution in [3.05, 3.63) is 70.2 Å². The van der Waals surface area contributed by atoms with Crippen molar-refractivity contribution in [3.8, 4) is 0 Å². The summed E-state index contributed by atoms with van der Waals surface area (Å²) in [4.78, 5) is 99.6. The number of nitrogens with zero attached hydrogens (tertiary/aromatic N) is 6. The third kappa shape index (κ3) is 24.0. The van der Waals surface area contributed by atoms with E-state index in [0.717, 1.165) is 34.4 Å². The van der Waals surface area contributed by atoms with E-state index in [1.807, 2.05) is 0 Å². The molecule has 12 aliphatic heterocycles. The third-order valence-corrected chi connectivity index (χ3v) is 23.0. The first-order valence-corrected chi connectivity index (χ1v) is 42.7. The minimum absolute atomic E-state index is 0.00588. The maximum atomic E-state index is 14.2. The standard InChI is InChI=1S/C55H91N13O7S3Si3/c1-79(2,3)38-35-76-53-41-13-16-44(63-53)50(72)57-20-10-26-65-27-11-21-58-51(73)45-17-14-42(54(64-45)77-36-39-80(4,5)6)48(70)61-24-31-67(34-33-66(29-19-56)30-23-60-47(41)69)32-25-62-49(71)43-15-18-46(52(74)59-22-12-28-65)68(75)55(43)78-37-40-81(7,8)9/h13-18H,10-12,19-40,56H2,1-9H3,(H6-,57,58,59,60,61,62,69,70,71,72,73,74,75)/p+1. The molecule has 0 spiro atoms. The molecule has 0 aliphatic carbocycles. The lowest BCUT2D eigenvalue weighted by molar-refractivity contribution is -0.933. The maximum absolute atomic E-state index is 14.2. The van der Waals surface area contributed by atoms with Crippen molar-refractivity contribution in [2.75, 3.05) is 122 Å². The van der Waals surface area contributed by atoms with Crippen LogP contribution in [0.5, 0.6) is 0 Å². The van der Waals surface area contributed by atoms with E-state index in [0.29, 0.717) is 138 Å². The van der Waals surface area contributed by atoms with E-state index in [1.165, 1.54) is 41.4 Å². The lowest BCUT2D eigenvalue weighted by atomic mass is 10.2. The number of nitrogens with two attached hydrogens (primary N) is 1. The molecule has 2 atom stereocenters. The van der Waals surface area contributed by atoms with Gasteiger partial charge in [-0.05, 0) is 98.9 Å². The summed E-state index contributed by atoms with van der Waals surface area (Å²) >= 11 is 4.34. The molecule has 0 saturated heterocycles. The minimum atomic E-state index is -1.51. The van der Waals surface area contributed by atoms with Gasteiger partial charge < -0.3 is 42.5 Å². The Kier molecular flexibility index (Phi) is 27.6. The van der Waals surface area contributed by atoms with Crippen LogP contribution in [0.2, 0.25) is 77.1 Å². The lowest BCUT2D eigenvalue weighted by Crippen LogP contribution is -2.46. The van der Waals surface area contributed by atoms with E-state index in [2.05, 4.69) is 106 Å². The Morgan fingerprint density at radius 3 is 1.33 bits per heavy atom. The molecule has 448 valence electrons. The zero-order chi connectivity index (χ0) is 59.2. The zero-order valence-corrected chi connectivity index (χ0v) is 55.0. The smallest absolute Gasteiger partial charge is 0.322 e. The van der Waals surface area contributed by atoms with Crippen molar-refractivity contribution >= 4 is 95.0 Å². The predicted octanol–water partition coefficient (Wildman–Crippen LogP) is 5.13. The molecule has 2 unspecified atom stereocenters. The van der Waals surface area contributed by atoms with Gasteiger partial charge in [-0.2, -0.15) is 0 Å². The van der Waals surface area contributed by atoms with Crippen LogP contribution in [0.4, 0.5) is 0 Å². The van der Waals surface area contributed by atoms with E-state index < -0.39 is 36.0 Å². The first-order chi connectivity index (χ1) is 38.4. The van der Waals surface area contributed by atoms with Gasteiger partial charge >= 0.3 is 16.6 Å². The van der Waals surface area contributed by atoms with Crippen LogP contribution in [-0.4, -0.2) is 212 Å². The average Bonchev–Trinajstić information content (AvgIpc) is 3.52. The van der Waals surface area contributed by atoms with Crippen molar-refractivity contribution in [2.24, 2.45) is 5.73 Å². The number of amides is 6. The molecule has 15 heterocycles. The highest BCUT2D eigenvalue weighted by molar-refractivity contribution is 7.99. The quantitative estimate of drug-likeness (QED) is 0.0450. The van der Waals surface area contributed by atoms with Crippen LogP contribution >= 0.6 is 35.3 Å². The molecule has 26 heteroatoms. The van der Waals surface area contributed by atoms with Crippen LogP contribution in [0.1, 0.15) is 81.8 Å². The number of hydrogen-bond acceptors (Lipinski definition) is 16. The second-order valence-corrected chi connectivity index (χ2v) is 44.3. The van der Waals surface area contributed by atoms with Gasteiger partial charge in [0.15, 0.2) is 0 Å². The van der Waals surface area contributed by atoms with E-state index in [-0.39, 0.29) is 64.4 Å². The summed E-state index contributed by atoms with van der Waals surface area (Å²) in [5.74, 6) is 0.0146. The number of aromatic nitrogens is 3. The lowest BCUT2D eigenvalue weighted by Gasteiger charge is -2.28. The predicted molar refractivity (Wildman–Crippen MR) is 335 cm³/mol. The van der Waals surface area contributed by atoms with Crippen LogP contribution in [0.15, 0.2) is 51.5 Å². The van der Waals surface area contributed by atoms with Crippen molar-refractivity contribution in [1.29, 1.82) is 0 Å². The molecular formula is C55H92N13O7S3Si3+. The summed E-state index contributed by atoms with van der Waals surface area (Å²) in [6.07, 6.45) is 1.74. The topological polar surface area (TPSA) is 260 Å². The molecule has 0 aromatic carbocycles. The summed E-state index contributed by atoms with van der Waals surface area (Å²) in [5, 5.41) is 31.3. The maximum Gasteiger partial charge on any atom is 0.322 e. The average molecular weight is 1230 g/mol. The van der Waals surface area contributed by atoms with Gasteiger partial charge in [0.25, 0.3) is 29.5 Å². The SMILES string of the molecule is C[Si](C)(C)CCSc1nc2ccc1C(=O)NCCN(CCN)CCN1CCNC(=O)c3ccc(nc3SCC[Si](C)(C)C)C(=O)NCCCN(CCCNC2=O)CCCNC(=O)c2ccc(c(SCC[Si](C)(C)C)[n+]2O)C(=O)NCC1. The summed E-state index contributed by atoms with van der Waals surface area (Å²) in [6, 6.07) is 12.6. The van der Waals surface area contributed by atoms with Crippen LogP contribution in [0.3, 0.4) is 0 Å². The van der Waals surface area contributed by atoms with Crippen molar-refractivity contribution < 1.29 is 38.7 Å². The van der Waals surface area contributed by atoms with E-state index in [9.17, 15) is 34.0 Å². The van der Waals surface area contributed by atoms with Crippen LogP contribution in [0.25, 0.3) is 0 Å². The Morgan fingerprint density at radius 1 is 0.481 bits per heavy atom. The van der Waals surface area contributed by atoms with E-state index >= 15 is 0 Å².